The molecule has 1 aromatic heterocycles. The van der Waals surface area contributed by atoms with Gasteiger partial charge in [0.25, 0.3) is 0 Å². The van der Waals surface area contributed by atoms with Gasteiger partial charge in [0.15, 0.2) is 0 Å². The average molecular weight is 195 g/mol. The van der Waals surface area contributed by atoms with Crippen molar-refractivity contribution in [1.82, 2.24) is 4.98 Å². The summed E-state index contributed by atoms with van der Waals surface area (Å²) in [6, 6.07) is 3.98. The Kier molecular flexibility index (Phi) is 4.25. The van der Waals surface area contributed by atoms with Crippen molar-refractivity contribution >= 4 is 0 Å². The number of aromatic nitrogens is 1. The smallest absolute Gasteiger partial charge is 0.391 e. The maximum absolute atomic E-state index is 3.95. The molecule has 0 saturated heterocycles. The van der Waals surface area contributed by atoms with E-state index >= 15 is 0 Å². The Morgan fingerprint density at radius 3 is 2.33 bits per heavy atom. The molecule has 0 aliphatic rings. The summed E-state index contributed by atoms with van der Waals surface area (Å²) in [7, 11) is 0. The van der Waals surface area contributed by atoms with E-state index < -0.39 is 0 Å². The number of hydrogen-bond donors (Lipinski definition) is 0. The third-order valence-electron chi connectivity index (χ3n) is 0.983. The standard InChI is InChI=1S/C7H8N.Y/c1-6-3-4-7(2)8-5-6;/h3-4H,1-2H3;/q-1;+3. The summed E-state index contributed by atoms with van der Waals surface area (Å²) in [5.41, 5.74) is 2.12. The summed E-state index contributed by atoms with van der Waals surface area (Å²) < 4.78 is 0. The molecule has 0 aliphatic carbocycles. The van der Waals surface area contributed by atoms with Gasteiger partial charge in [-0.25, -0.2) is 0 Å². The largest absolute Gasteiger partial charge is 3.00 e. The van der Waals surface area contributed by atoms with Gasteiger partial charge in [-0.2, -0.15) is 12.1 Å². The van der Waals surface area contributed by atoms with Crippen molar-refractivity contribution in [2.75, 3.05) is 0 Å². The topological polar surface area (TPSA) is 12.9 Å². The van der Waals surface area contributed by atoms with Gasteiger partial charge >= 0.3 is 32.7 Å². The Labute approximate surface area is 80.8 Å². The normalized spacial score (nSPS) is 8.22. The van der Waals surface area contributed by atoms with E-state index in [1.807, 2.05) is 26.0 Å². The molecule has 1 rings (SSSR count). The first kappa shape index (κ1) is 9.25. The average Bonchev–Trinajstić information content (AvgIpc) is 1.77. The van der Waals surface area contributed by atoms with Crippen LogP contribution in [-0.4, -0.2) is 4.98 Å². The van der Waals surface area contributed by atoms with E-state index in [2.05, 4.69) is 11.2 Å². The molecule has 2 heteroatoms. The Bertz CT molecular complexity index is 148. The zero-order valence-electron chi connectivity index (χ0n) is 5.68. The summed E-state index contributed by atoms with van der Waals surface area (Å²) >= 11 is 0. The molecule has 1 nitrogen and oxygen atoms in total. The van der Waals surface area contributed by atoms with Gasteiger partial charge in [0.1, 0.15) is 0 Å². The van der Waals surface area contributed by atoms with E-state index in [4.69, 9.17) is 0 Å². The number of rotatable bonds is 0. The van der Waals surface area contributed by atoms with Crippen LogP contribution in [0.2, 0.25) is 0 Å². The van der Waals surface area contributed by atoms with E-state index in [0.29, 0.717) is 0 Å². The Hall–Kier alpha value is 0.254. The van der Waals surface area contributed by atoms with Crippen molar-refractivity contribution in [1.29, 1.82) is 0 Å². The van der Waals surface area contributed by atoms with E-state index in [1.165, 1.54) is 0 Å². The van der Waals surface area contributed by atoms with E-state index in [1.54, 1.807) is 0 Å². The maximum Gasteiger partial charge on any atom is 3.00 e. The van der Waals surface area contributed by atoms with Crippen molar-refractivity contribution in [3.8, 4) is 0 Å². The van der Waals surface area contributed by atoms with Gasteiger partial charge in [-0.05, 0) is 0 Å². The van der Waals surface area contributed by atoms with E-state index in [9.17, 15) is 0 Å². The second-order valence-electron chi connectivity index (χ2n) is 1.88. The van der Waals surface area contributed by atoms with Crippen LogP contribution >= 0.6 is 0 Å². The van der Waals surface area contributed by atoms with Crippen LogP contribution in [0.4, 0.5) is 0 Å². The minimum Gasteiger partial charge on any atom is -0.391 e. The maximum atomic E-state index is 3.95. The predicted octanol–water partition coefficient (Wildman–Crippen LogP) is 1.50. The van der Waals surface area contributed by atoms with E-state index in [0.717, 1.165) is 11.3 Å². The van der Waals surface area contributed by atoms with Gasteiger partial charge in [-0.1, -0.05) is 25.7 Å². The van der Waals surface area contributed by atoms with Crippen LogP contribution in [0.25, 0.3) is 0 Å². The van der Waals surface area contributed by atoms with Crippen LogP contribution in [-0.2, 0) is 32.7 Å². The molecule has 1 heterocycles. The Balaban J connectivity index is 0.000000640. The number of pyridine rings is 1. The molecule has 0 spiro atoms. The van der Waals surface area contributed by atoms with Crippen molar-refractivity contribution in [3.63, 3.8) is 0 Å². The van der Waals surface area contributed by atoms with Crippen molar-refractivity contribution in [3.05, 3.63) is 29.6 Å². The summed E-state index contributed by atoms with van der Waals surface area (Å²) in [4.78, 5) is 3.95. The summed E-state index contributed by atoms with van der Waals surface area (Å²) in [6.45, 7) is 3.93. The van der Waals surface area contributed by atoms with Gasteiger partial charge in [0.2, 0.25) is 0 Å². The van der Waals surface area contributed by atoms with Crippen molar-refractivity contribution in [2.24, 2.45) is 0 Å². The summed E-state index contributed by atoms with van der Waals surface area (Å²) in [5.74, 6) is 0. The van der Waals surface area contributed by atoms with Crippen LogP contribution in [0.1, 0.15) is 11.3 Å². The monoisotopic (exact) mass is 195 g/mol. The van der Waals surface area contributed by atoms with Gasteiger partial charge in [0, 0.05) is 0 Å². The first-order chi connectivity index (χ1) is 3.79. The van der Waals surface area contributed by atoms with Crippen LogP contribution in [0.15, 0.2) is 12.1 Å². The number of aryl methyl sites for hydroxylation is 2. The molecule has 0 atom stereocenters. The van der Waals surface area contributed by atoms with Crippen LogP contribution in [0.3, 0.4) is 0 Å². The Morgan fingerprint density at radius 2 is 2.00 bits per heavy atom. The SMILES string of the molecule is Cc1[c-]nc(C)cc1.[Y+3]. The van der Waals surface area contributed by atoms with E-state index in [-0.39, 0.29) is 32.7 Å². The molecule has 0 unspecified atom stereocenters. The molecule has 0 radical (unpaired) electrons. The zero-order chi connectivity index (χ0) is 5.98. The quantitative estimate of drug-likeness (QED) is 0.571. The summed E-state index contributed by atoms with van der Waals surface area (Å²) in [6.07, 6.45) is 2.85. The first-order valence-electron chi connectivity index (χ1n) is 2.61. The molecular weight excluding hydrogens is 187 g/mol. The molecule has 0 saturated carbocycles. The summed E-state index contributed by atoms with van der Waals surface area (Å²) in [5, 5.41) is 0. The van der Waals surface area contributed by atoms with Crippen LogP contribution < -0.4 is 0 Å². The fraction of sp³-hybridized carbons (Fsp3) is 0.286. The molecule has 42 valence electrons. The van der Waals surface area contributed by atoms with Crippen molar-refractivity contribution in [2.45, 2.75) is 13.8 Å². The third kappa shape index (κ3) is 3.07. The van der Waals surface area contributed by atoms with Gasteiger partial charge in [-0.15, -0.1) is 5.56 Å². The molecule has 9 heavy (non-hydrogen) atoms. The molecule has 0 amide bonds. The van der Waals surface area contributed by atoms with Gasteiger partial charge in [0.05, 0.1) is 0 Å². The second kappa shape index (κ2) is 4.13. The number of hydrogen-bond acceptors (Lipinski definition) is 1. The Morgan fingerprint density at radius 1 is 1.33 bits per heavy atom. The minimum absolute atomic E-state index is 0. The van der Waals surface area contributed by atoms with Crippen molar-refractivity contribution < 1.29 is 32.7 Å². The van der Waals surface area contributed by atoms with Crippen LogP contribution in [0.5, 0.6) is 0 Å². The third-order valence-corrected chi connectivity index (χ3v) is 0.983. The predicted molar refractivity (Wildman–Crippen MR) is 32.5 cm³/mol. The van der Waals surface area contributed by atoms with Gasteiger partial charge < -0.3 is 4.98 Å². The molecular formula is C7H8NY+2. The second-order valence-corrected chi connectivity index (χ2v) is 1.88. The fourth-order valence-corrected chi connectivity index (χ4v) is 0.496. The molecule has 0 N–H and O–H groups in total. The molecule has 0 aromatic carbocycles. The molecule has 0 bridgehead atoms. The fourth-order valence-electron chi connectivity index (χ4n) is 0.496. The minimum atomic E-state index is 0. The number of nitrogens with zero attached hydrogens (tertiary/aromatic N) is 1. The molecule has 0 aliphatic heterocycles. The molecule has 1 aromatic rings. The zero-order valence-corrected chi connectivity index (χ0v) is 8.52. The van der Waals surface area contributed by atoms with Gasteiger partial charge in [-0.3, -0.25) is 0 Å². The molecule has 0 fully saturated rings. The van der Waals surface area contributed by atoms with Crippen LogP contribution in [0, 0.1) is 20.0 Å². The first-order valence-corrected chi connectivity index (χ1v) is 2.61.